The number of nitrogens with one attached hydrogen (secondary N) is 1. The van der Waals surface area contributed by atoms with Gasteiger partial charge in [0.15, 0.2) is 11.5 Å². The van der Waals surface area contributed by atoms with E-state index in [1.165, 1.54) is 13.2 Å². The molecule has 0 amide bonds. The maximum absolute atomic E-state index is 13.2. The normalized spacial score (nSPS) is 15.5. The van der Waals surface area contributed by atoms with Crippen molar-refractivity contribution in [3.8, 4) is 11.5 Å². The van der Waals surface area contributed by atoms with Crippen molar-refractivity contribution in [3.63, 3.8) is 0 Å². The van der Waals surface area contributed by atoms with Gasteiger partial charge in [-0.3, -0.25) is 0 Å². The third-order valence-electron chi connectivity index (χ3n) is 4.54. The van der Waals surface area contributed by atoms with Gasteiger partial charge in [-0.15, -0.1) is 0 Å². The Morgan fingerprint density at radius 3 is 1.74 bits per heavy atom. The number of methoxy groups -OCH3 is 1. The number of dihydropyridines is 1. The number of phenols is 1. The summed E-state index contributed by atoms with van der Waals surface area (Å²) in [5, 5.41) is 13.2. The summed E-state index contributed by atoms with van der Waals surface area (Å²) in [5.74, 6) is -1.65. The molecular weight excluding hydrogens is 398 g/mol. The number of ether oxygens (including phenoxy) is 3. The van der Waals surface area contributed by atoms with Crippen molar-refractivity contribution >= 4 is 11.9 Å². The molecule has 1 aliphatic heterocycles. The lowest BCUT2D eigenvalue weighted by Gasteiger charge is -2.33. The van der Waals surface area contributed by atoms with Crippen LogP contribution in [0.3, 0.4) is 0 Å². The van der Waals surface area contributed by atoms with Gasteiger partial charge in [0.1, 0.15) is 11.2 Å². The first-order chi connectivity index (χ1) is 14.1. The number of benzene rings is 1. The quantitative estimate of drug-likeness (QED) is 0.686. The van der Waals surface area contributed by atoms with E-state index in [1.807, 2.05) is 0 Å². The molecule has 1 aliphatic rings. The molecule has 0 unspecified atom stereocenters. The zero-order chi connectivity index (χ0) is 23.7. The summed E-state index contributed by atoms with van der Waals surface area (Å²) in [5.41, 5.74) is 0.917. The number of aromatic hydroxyl groups is 1. The van der Waals surface area contributed by atoms with E-state index in [1.54, 1.807) is 67.5 Å². The van der Waals surface area contributed by atoms with Crippen LogP contribution in [0.4, 0.5) is 0 Å². The minimum absolute atomic E-state index is 0.0424. The largest absolute Gasteiger partial charge is 0.504 e. The smallest absolute Gasteiger partial charge is 0.337 e. The van der Waals surface area contributed by atoms with E-state index >= 15 is 0 Å². The number of allylic oxidation sites excluding steroid dienone is 2. The summed E-state index contributed by atoms with van der Waals surface area (Å²) in [4.78, 5) is 26.4. The van der Waals surface area contributed by atoms with Gasteiger partial charge in [0.25, 0.3) is 0 Å². The van der Waals surface area contributed by atoms with Gasteiger partial charge in [0.2, 0.25) is 0 Å². The second kappa shape index (κ2) is 8.65. The van der Waals surface area contributed by atoms with Crippen molar-refractivity contribution in [3.05, 3.63) is 46.3 Å². The van der Waals surface area contributed by atoms with Crippen molar-refractivity contribution in [1.29, 1.82) is 0 Å². The predicted molar refractivity (Wildman–Crippen MR) is 118 cm³/mol. The molecule has 170 valence electrons. The highest BCUT2D eigenvalue weighted by Gasteiger charge is 2.40. The molecule has 0 spiro atoms. The average molecular weight is 432 g/mol. The molecule has 1 heterocycles. The van der Waals surface area contributed by atoms with Crippen LogP contribution < -0.4 is 10.1 Å². The molecule has 0 saturated heterocycles. The lowest BCUT2D eigenvalue weighted by molar-refractivity contribution is -0.150. The fourth-order valence-electron chi connectivity index (χ4n) is 3.41. The Balaban J connectivity index is 2.70. The number of hydrogen-bond acceptors (Lipinski definition) is 7. The lowest BCUT2D eigenvalue weighted by atomic mass is 9.80. The topological polar surface area (TPSA) is 94.1 Å². The summed E-state index contributed by atoms with van der Waals surface area (Å²) in [6.45, 7) is 14.2. The highest BCUT2D eigenvalue weighted by Crippen LogP contribution is 2.42. The van der Waals surface area contributed by atoms with E-state index in [4.69, 9.17) is 14.2 Å². The van der Waals surface area contributed by atoms with E-state index < -0.39 is 29.1 Å². The second-order valence-electron chi connectivity index (χ2n) is 9.57. The molecule has 0 fully saturated rings. The molecule has 1 aromatic carbocycles. The Kier molecular flexibility index (Phi) is 6.78. The molecule has 31 heavy (non-hydrogen) atoms. The van der Waals surface area contributed by atoms with Crippen molar-refractivity contribution in [2.45, 2.75) is 72.5 Å². The van der Waals surface area contributed by atoms with Crippen LogP contribution in [-0.4, -0.2) is 35.4 Å². The summed E-state index contributed by atoms with van der Waals surface area (Å²) in [6.07, 6.45) is 0. The Morgan fingerprint density at radius 2 is 1.35 bits per heavy atom. The maximum atomic E-state index is 13.2. The van der Waals surface area contributed by atoms with Crippen LogP contribution in [0.1, 0.15) is 66.9 Å². The van der Waals surface area contributed by atoms with Crippen LogP contribution in [-0.2, 0) is 19.1 Å². The fourth-order valence-corrected chi connectivity index (χ4v) is 3.41. The monoisotopic (exact) mass is 431 g/mol. The van der Waals surface area contributed by atoms with E-state index in [0.717, 1.165) is 0 Å². The SMILES string of the molecule is COc1cc(C2C(C(=O)OC(C)(C)C)=C(C)NC(C)=C2C(=O)OC(C)(C)C)ccc1O. The number of carbonyl (C=O) groups is 2. The first-order valence-corrected chi connectivity index (χ1v) is 10.2. The van der Waals surface area contributed by atoms with Crippen LogP contribution in [0.25, 0.3) is 0 Å². The molecule has 0 aliphatic carbocycles. The van der Waals surface area contributed by atoms with Crippen LogP contribution in [0.5, 0.6) is 11.5 Å². The molecule has 7 nitrogen and oxygen atoms in total. The molecule has 0 radical (unpaired) electrons. The standard InChI is InChI=1S/C24H33NO6/c1-13-18(21(27)30-23(3,4)5)20(15-10-11-16(26)17(12-15)29-9)19(14(2)25-13)22(28)31-24(6,7)8/h10-12,20,25-26H,1-9H3. The Labute approximate surface area is 184 Å². The average Bonchev–Trinajstić information content (AvgIpc) is 2.58. The van der Waals surface area contributed by atoms with Crippen molar-refractivity contribution in [2.75, 3.05) is 7.11 Å². The molecule has 0 aromatic heterocycles. The van der Waals surface area contributed by atoms with Crippen LogP contribution in [0.15, 0.2) is 40.7 Å². The zero-order valence-electron chi connectivity index (χ0n) is 19.8. The lowest BCUT2D eigenvalue weighted by Crippen LogP contribution is -2.36. The van der Waals surface area contributed by atoms with Gasteiger partial charge in [-0.25, -0.2) is 9.59 Å². The van der Waals surface area contributed by atoms with Gasteiger partial charge in [0, 0.05) is 11.4 Å². The zero-order valence-corrected chi connectivity index (χ0v) is 19.8. The minimum Gasteiger partial charge on any atom is -0.504 e. The highest BCUT2D eigenvalue weighted by molar-refractivity contribution is 6.00. The van der Waals surface area contributed by atoms with Crippen molar-refractivity contribution < 1.29 is 28.9 Å². The molecule has 0 bridgehead atoms. The van der Waals surface area contributed by atoms with E-state index in [2.05, 4.69) is 5.32 Å². The maximum Gasteiger partial charge on any atom is 0.337 e. The Hall–Kier alpha value is -2.96. The Bertz CT molecular complexity index is 894. The highest BCUT2D eigenvalue weighted by atomic mass is 16.6. The van der Waals surface area contributed by atoms with Gasteiger partial charge < -0.3 is 24.6 Å². The number of rotatable bonds is 4. The molecule has 1 aromatic rings. The molecule has 2 N–H and O–H groups in total. The van der Waals surface area contributed by atoms with E-state index in [9.17, 15) is 14.7 Å². The van der Waals surface area contributed by atoms with Crippen LogP contribution in [0, 0.1) is 0 Å². The molecule has 7 heteroatoms. The number of phenolic OH excluding ortho intramolecular Hbond substituents is 1. The molecule has 2 rings (SSSR count). The summed E-state index contributed by atoms with van der Waals surface area (Å²) in [6, 6.07) is 4.74. The fraction of sp³-hybridized carbons (Fsp3) is 0.500. The van der Waals surface area contributed by atoms with Gasteiger partial charge in [0.05, 0.1) is 24.2 Å². The van der Waals surface area contributed by atoms with E-state index in [-0.39, 0.29) is 11.5 Å². The van der Waals surface area contributed by atoms with Gasteiger partial charge in [-0.1, -0.05) is 6.07 Å². The summed E-state index contributed by atoms with van der Waals surface area (Å²) >= 11 is 0. The molecule has 0 saturated carbocycles. The predicted octanol–water partition coefficient (Wildman–Crippen LogP) is 4.32. The number of carbonyl (C=O) groups excluding carboxylic acids is 2. The van der Waals surface area contributed by atoms with Crippen molar-refractivity contribution in [1.82, 2.24) is 5.32 Å². The van der Waals surface area contributed by atoms with Crippen molar-refractivity contribution in [2.24, 2.45) is 0 Å². The number of hydrogen-bond donors (Lipinski definition) is 2. The van der Waals surface area contributed by atoms with Crippen LogP contribution in [0.2, 0.25) is 0 Å². The first kappa shape index (κ1) is 24.3. The molecule has 0 atom stereocenters. The van der Waals surface area contributed by atoms with Gasteiger partial charge in [-0.05, 0) is 73.1 Å². The number of esters is 2. The van der Waals surface area contributed by atoms with E-state index in [0.29, 0.717) is 28.1 Å². The Morgan fingerprint density at radius 1 is 0.903 bits per heavy atom. The first-order valence-electron chi connectivity index (χ1n) is 10.2. The summed E-state index contributed by atoms with van der Waals surface area (Å²) < 4.78 is 16.6. The van der Waals surface area contributed by atoms with Crippen LogP contribution >= 0.6 is 0 Å². The van der Waals surface area contributed by atoms with Gasteiger partial charge >= 0.3 is 11.9 Å². The summed E-state index contributed by atoms with van der Waals surface area (Å²) in [7, 11) is 1.44. The second-order valence-corrected chi connectivity index (χ2v) is 9.57. The molecular formula is C24H33NO6. The van der Waals surface area contributed by atoms with Gasteiger partial charge in [-0.2, -0.15) is 0 Å². The third-order valence-corrected chi connectivity index (χ3v) is 4.54. The third kappa shape index (κ3) is 5.81. The minimum atomic E-state index is -0.763.